The van der Waals surface area contributed by atoms with Gasteiger partial charge in [0.25, 0.3) is 0 Å². The Morgan fingerprint density at radius 1 is 1.50 bits per heavy atom. The van der Waals surface area contributed by atoms with Crippen LogP contribution in [0.4, 0.5) is 0 Å². The number of nitrogens with two attached hydrogens (primary N) is 1. The number of rotatable bonds is 4. The first-order valence-corrected chi connectivity index (χ1v) is 6.16. The molecule has 0 aromatic heterocycles. The van der Waals surface area contributed by atoms with E-state index in [9.17, 15) is 4.79 Å². The third-order valence-corrected chi connectivity index (χ3v) is 3.23. The van der Waals surface area contributed by atoms with Crippen molar-refractivity contribution in [2.75, 3.05) is 0 Å². The number of hydrogen-bond acceptors (Lipinski definition) is 2. The molecule has 96 valence electrons. The van der Waals surface area contributed by atoms with Crippen molar-refractivity contribution in [3.05, 3.63) is 0 Å². The number of carbonyl (C=O) groups excluding carboxylic acids is 1. The van der Waals surface area contributed by atoms with Gasteiger partial charge in [-0.15, -0.1) is 12.4 Å². The molecule has 0 saturated heterocycles. The molecule has 0 aliphatic heterocycles. The molecule has 3 atom stereocenters. The predicted molar refractivity (Wildman–Crippen MR) is 69.7 cm³/mol. The fourth-order valence-electron chi connectivity index (χ4n) is 2.37. The Labute approximate surface area is 105 Å². The number of nitrogens with one attached hydrogen (secondary N) is 1. The molecule has 0 aromatic rings. The van der Waals surface area contributed by atoms with Crippen LogP contribution in [0.1, 0.15) is 52.4 Å². The molecule has 0 aromatic carbocycles. The molecule has 0 bridgehead atoms. The molecule has 3 nitrogen and oxygen atoms in total. The van der Waals surface area contributed by atoms with Crippen molar-refractivity contribution in [1.29, 1.82) is 0 Å². The Kier molecular flexibility index (Phi) is 7.77. The van der Waals surface area contributed by atoms with E-state index in [1.54, 1.807) is 0 Å². The van der Waals surface area contributed by atoms with E-state index in [0.717, 1.165) is 18.8 Å². The van der Waals surface area contributed by atoms with Crippen LogP contribution in [0.2, 0.25) is 0 Å². The van der Waals surface area contributed by atoms with Gasteiger partial charge in [0.1, 0.15) is 0 Å². The minimum Gasteiger partial charge on any atom is -0.353 e. The van der Waals surface area contributed by atoms with Crippen LogP contribution in [-0.2, 0) is 4.79 Å². The third kappa shape index (κ3) is 5.71. The molecule has 1 saturated carbocycles. The highest BCUT2D eigenvalue weighted by atomic mass is 35.5. The van der Waals surface area contributed by atoms with Crippen LogP contribution in [0.25, 0.3) is 0 Å². The van der Waals surface area contributed by atoms with Crippen LogP contribution >= 0.6 is 12.4 Å². The van der Waals surface area contributed by atoms with Crippen LogP contribution in [0, 0.1) is 5.92 Å². The largest absolute Gasteiger partial charge is 0.353 e. The van der Waals surface area contributed by atoms with Crippen LogP contribution in [0.3, 0.4) is 0 Å². The van der Waals surface area contributed by atoms with Crippen LogP contribution in [0.15, 0.2) is 0 Å². The SMILES string of the molecule is CCC1CCCC(NC(=O)CC(C)N)C1.Cl. The fourth-order valence-corrected chi connectivity index (χ4v) is 2.37. The average molecular weight is 249 g/mol. The zero-order valence-corrected chi connectivity index (χ0v) is 11.2. The van der Waals surface area contributed by atoms with Gasteiger partial charge in [0.05, 0.1) is 0 Å². The van der Waals surface area contributed by atoms with Gasteiger partial charge in [-0.05, 0) is 25.7 Å². The van der Waals surface area contributed by atoms with E-state index in [1.807, 2.05) is 6.92 Å². The molecule has 1 aliphatic carbocycles. The monoisotopic (exact) mass is 248 g/mol. The maximum absolute atomic E-state index is 11.5. The molecule has 16 heavy (non-hydrogen) atoms. The highest BCUT2D eigenvalue weighted by Gasteiger charge is 2.22. The van der Waals surface area contributed by atoms with E-state index in [-0.39, 0.29) is 24.4 Å². The summed E-state index contributed by atoms with van der Waals surface area (Å²) in [6.45, 7) is 4.10. The van der Waals surface area contributed by atoms with Gasteiger partial charge in [-0.3, -0.25) is 4.79 Å². The van der Waals surface area contributed by atoms with E-state index >= 15 is 0 Å². The molecular formula is C12H25ClN2O. The van der Waals surface area contributed by atoms with Crippen molar-refractivity contribution in [3.63, 3.8) is 0 Å². The Balaban J connectivity index is 0.00000225. The lowest BCUT2D eigenvalue weighted by molar-refractivity contribution is -0.122. The minimum absolute atomic E-state index is 0. The Morgan fingerprint density at radius 3 is 2.75 bits per heavy atom. The Morgan fingerprint density at radius 2 is 2.19 bits per heavy atom. The minimum atomic E-state index is -0.0319. The van der Waals surface area contributed by atoms with Crippen molar-refractivity contribution in [2.45, 2.75) is 64.5 Å². The molecule has 3 N–H and O–H groups in total. The molecule has 3 unspecified atom stereocenters. The standard InChI is InChI=1S/C12H24N2O.ClH/c1-3-10-5-4-6-11(8-10)14-12(15)7-9(2)13;/h9-11H,3-8,13H2,1-2H3,(H,14,15);1H. The topological polar surface area (TPSA) is 55.1 Å². The van der Waals surface area contributed by atoms with Crippen molar-refractivity contribution in [2.24, 2.45) is 11.7 Å². The van der Waals surface area contributed by atoms with E-state index in [0.29, 0.717) is 12.5 Å². The summed E-state index contributed by atoms with van der Waals surface area (Å²) in [4.78, 5) is 11.5. The summed E-state index contributed by atoms with van der Waals surface area (Å²) >= 11 is 0. The van der Waals surface area contributed by atoms with Crippen LogP contribution in [-0.4, -0.2) is 18.0 Å². The summed E-state index contributed by atoms with van der Waals surface area (Å²) in [6, 6.07) is 0.366. The molecule has 1 rings (SSSR count). The molecule has 1 fully saturated rings. The van der Waals surface area contributed by atoms with Gasteiger partial charge in [-0.1, -0.05) is 26.2 Å². The van der Waals surface area contributed by atoms with Crippen LogP contribution in [0.5, 0.6) is 0 Å². The number of amides is 1. The summed E-state index contributed by atoms with van der Waals surface area (Å²) in [5, 5.41) is 3.10. The van der Waals surface area contributed by atoms with E-state index in [2.05, 4.69) is 12.2 Å². The summed E-state index contributed by atoms with van der Waals surface area (Å²) in [7, 11) is 0. The first kappa shape index (κ1) is 15.7. The van der Waals surface area contributed by atoms with Gasteiger partial charge in [-0.25, -0.2) is 0 Å². The van der Waals surface area contributed by atoms with E-state index in [1.165, 1.54) is 19.3 Å². The van der Waals surface area contributed by atoms with E-state index in [4.69, 9.17) is 5.73 Å². The fraction of sp³-hybridized carbons (Fsp3) is 0.917. The quantitative estimate of drug-likeness (QED) is 0.802. The lowest BCUT2D eigenvalue weighted by Gasteiger charge is -2.29. The summed E-state index contributed by atoms with van der Waals surface area (Å²) in [5.74, 6) is 0.922. The van der Waals surface area contributed by atoms with Gasteiger partial charge in [-0.2, -0.15) is 0 Å². The zero-order valence-electron chi connectivity index (χ0n) is 10.4. The van der Waals surface area contributed by atoms with Crippen molar-refractivity contribution in [1.82, 2.24) is 5.32 Å². The molecule has 1 amide bonds. The van der Waals surface area contributed by atoms with E-state index < -0.39 is 0 Å². The molecule has 0 spiro atoms. The first-order valence-electron chi connectivity index (χ1n) is 6.16. The number of carbonyl (C=O) groups is 1. The van der Waals surface area contributed by atoms with Gasteiger partial charge in [0, 0.05) is 18.5 Å². The second-order valence-electron chi connectivity index (χ2n) is 4.89. The Hall–Kier alpha value is -0.280. The lowest BCUT2D eigenvalue weighted by Crippen LogP contribution is -2.40. The Bertz CT molecular complexity index is 209. The number of hydrogen-bond donors (Lipinski definition) is 2. The highest BCUT2D eigenvalue weighted by molar-refractivity contribution is 5.85. The predicted octanol–water partition coefficient (Wildman–Crippen LogP) is 2.23. The maximum Gasteiger partial charge on any atom is 0.221 e. The van der Waals surface area contributed by atoms with Crippen molar-refractivity contribution in [3.8, 4) is 0 Å². The molecular weight excluding hydrogens is 224 g/mol. The van der Waals surface area contributed by atoms with Gasteiger partial charge < -0.3 is 11.1 Å². The second-order valence-corrected chi connectivity index (χ2v) is 4.89. The summed E-state index contributed by atoms with van der Waals surface area (Å²) < 4.78 is 0. The van der Waals surface area contributed by atoms with Crippen molar-refractivity contribution < 1.29 is 4.79 Å². The molecule has 4 heteroatoms. The summed E-state index contributed by atoms with van der Waals surface area (Å²) in [6.07, 6.45) is 6.56. The smallest absolute Gasteiger partial charge is 0.221 e. The summed E-state index contributed by atoms with van der Waals surface area (Å²) in [5.41, 5.74) is 5.59. The van der Waals surface area contributed by atoms with Gasteiger partial charge in [0.2, 0.25) is 5.91 Å². The zero-order chi connectivity index (χ0) is 11.3. The van der Waals surface area contributed by atoms with Gasteiger partial charge in [0.15, 0.2) is 0 Å². The molecule has 0 radical (unpaired) electrons. The highest BCUT2D eigenvalue weighted by Crippen LogP contribution is 2.26. The normalized spacial score (nSPS) is 26.7. The molecule has 1 aliphatic rings. The molecule has 0 heterocycles. The second kappa shape index (κ2) is 7.91. The maximum atomic E-state index is 11.5. The first-order chi connectivity index (χ1) is 7.11. The van der Waals surface area contributed by atoms with Gasteiger partial charge >= 0.3 is 0 Å². The van der Waals surface area contributed by atoms with Crippen molar-refractivity contribution >= 4 is 18.3 Å². The number of halogens is 1. The average Bonchev–Trinajstić information content (AvgIpc) is 2.16. The third-order valence-electron chi connectivity index (χ3n) is 3.23. The van der Waals surface area contributed by atoms with Crippen LogP contribution < -0.4 is 11.1 Å². The lowest BCUT2D eigenvalue weighted by atomic mass is 9.84.